The molecule has 1 aliphatic rings. The van der Waals surface area contributed by atoms with Crippen molar-refractivity contribution < 1.29 is 14.4 Å². The Morgan fingerprint density at radius 1 is 1.00 bits per heavy atom. The summed E-state index contributed by atoms with van der Waals surface area (Å²) in [7, 11) is 0. The van der Waals surface area contributed by atoms with E-state index < -0.39 is 5.91 Å². The standard InChI is InChI=1S/C21H19N3O3/c1-3-13-24-20(26)18(15-9-11-17(12-10-15)22-14(2)25)19(21(24)27)23-16-7-5-4-6-8-16/h3-12,23H,1,13H2,2H3,(H,22,25). The second-order valence-electron chi connectivity index (χ2n) is 6.01. The number of hydrogen-bond acceptors (Lipinski definition) is 4. The molecule has 0 fully saturated rings. The average molecular weight is 361 g/mol. The van der Waals surface area contributed by atoms with Gasteiger partial charge in [0.2, 0.25) is 5.91 Å². The van der Waals surface area contributed by atoms with Crippen molar-refractivity contribution in [1.29, 1.82) is 0 Å². The number of nitrogens with one attached hydrogen (secondary N) is 2. The Morgan fingerprint density at radius 2 is 1.67 bits per heavy atom. The number of benzene rings is 2. The summed E-state index contributed by atoms with van der Waals surface area (Å²) in [6.07, 6.45) is 1.51. The SMILES string of the molecule is C=CCN1C(=O)C(Nc2ccccc2)=C(c2ccc(NC(C)=O)cc2)C1=O. The molecule has 2 aromatic carbocycles. The number of imide groups is 1. The molecule has 0 radical (unpaired) electrons. The molecule has 0 unspecified atom stereocenters. The number of carbonyl (C=O) groups excluding carboxylic acids is 3. The minimum atomic E-state index is -0.398. The number of carbonyl (C=O) groups is 3. The lowest BCUT2D eigenvalue weighted by atomic mass is 10.0. The van der Waals surface area contributed by atoms with E-state index in [0.717, 1.165) is 4.90 Å². The summed E-state index contributed by atoms with van der Waals surface area (Å²) in [5.74, 6) is -0.965. The Hall–Kier alpha value is -3.67. The molecule has 136 valence electrons. The first-order valence-corrected chi connectivity index (χ1v) is 8.42. The summed E-state index contributed by atoms with van der Waals surface area (Å²) in [6, 6.07) is 16.0. The normalized spacial score (nSPS) is 13.7. The van der Waals surface area contributed by atoms with Crippen molar-refractivity contribution in [2.24, 2.45) is 0 Å². The molecule has 0 aliphatic carbocycles. The highest BCUT2D eigenvalue weighted by molar-refractivity contribution is 6.36. The van der Waals surface area contributed by atoms with Gasteiger partial charge >= 0.3 is 0 Å². The van der Waals surface area contributed by atoms with E-state index in [1.165, 1.54) is 13.0 Å². The molecular formula is C21H19N3O3. The average Bonchev–Trinajstić information content (AvgIpc) is 2.88. The quantitative estimate of drug-likeness (QED) is 0.612. The maximum absolute atomic E-state index is 12.9. The van der Waals surface area contributed by atoms with Crippen LogP contribution >= 0.6 is 0 Å². The summed E-state index contributed by atoms with van der Waals surface area (Å²) in [4.78, 5) is 38.0. The van der Waals surface area contributed by atoms with Crippen molar-refractivity contribution in [2.75, 3.05) is 17.2 Å². The van der Waals surface area contributed by atoms with Gasteiger partial charge in [-0.1, -0.05) is 36.4 Å². The van der Waals surface area contributed by atoms with E-state index in [9.17, 15) is 14.4 Å². The second kappa shape index (κ2) is 7.70. The maximum Gasteiger partial charge on any atom is 0.278 e. The minimum absolute atomic E-state index is 0.130. The van der Waals surface area contributed by atoms with Crippen molar-refractivity contribution in [2.45, 2.75) is 6.92 Å². The zero-order chi connectivity index (χ0) is 19.4. The van der Waals surface area contributed by atoms with Crippen molar-refractivity contribution in [3.05, 3.63) is 78.5 Å². The van der Waals surface area contributed by atoms with E-state index in [4.69, 9.17) is 0 Å². The van der Waals surface area contributed by atoms with Gasteiger partial charge in [0.1, 0.15) is 5.70 Å². The van der Waals surface area contributed by atoms with Crippen LogP contribution in [0.15, 0.2) is 72.9 Å². The first-order chi connectivity index (χ1) is 13.0. The third-order valence-electron chi connectivity index (χ3n) is 4.02. The smallest absolute Gasteiger partial charge is 0.278 e. The molecule has 27 heavy (non-hydrogen) atoms. The fourth-order valence-electron chi connectivity index (χ4n) is 2.84. The molecule has 2 N–H and O–H groups in total. The Morgan fingerprint density at radius 3 is 2.26 bits per heavy atom. The van der Waals surface area contributed by atoms with Crippen LogP contribution in [0.2, 0.25) is 0 Å². The van der Waals surface area contributed by atoms with Gasteiger partial charge in [-0.15, -0.1) is 6.58 Å². The fraction of sp³-hybridized carbons (Fsp3) is 0.0952. The third-order valence-corrected chi connectivity index (χ3v) is 4.02. The molecule has 3 amide bonds. The van der Waals surface area contributed by atoms with Crippen molar-refractivity contribution in [1.82, 2.24) is 4.90 Å². The van der Waals surface area contributed by atoms with Gasteiger partial charge in [-0.25, -0.2) is 0 Å². The molecule has 2 aromatic rings. The van der Waals surface area contributed by atoms with Gasteiger partial charge in [0.25, 0.3) is 11.8 Å². The number of amides is 3. The van der Waals surface area contributed by atoms with Crippen molar-refractivity contribution in [3.8, 4) is 0 Å². The lowest BCUT2D eigenvalue weighted by Gasteiger charge is -2.12. The highest BCUT2D eigenvalue weighted by Gasteiger charge is 2.38. The molecule has 0 saturated carbocycles. The molecular weight excluding hydrogens is 342 g/mol. The van der Waals surface area contributed by atoms with Gasteiger partial charge in [0.05, 0.1) is 5.57 Å². The Bertz CT molecular complexity index is 931. The van der Waals surface area contributed by atoms with Crippen molar-refractivity contribution >= 4 is 34.7 Å². The minimum Gasteiger partial charge on any atom is -0.350 e. The van der Waals surface area contributed by atoms with Crippen LogP contribution in [0.4, 0.5) is 11.4 Å². The van der Waals surface area contributed by atoms with Gasteiger partial charge in [-0.3, -0.25) is 19.3 Å². The van der Waals surface area contributed by atoms with Crippen LogP contribution in [-0.4, -0.2) is 29.2 Å². The van der Waals surface area contributed by atoms with E-state index in [-0.39, 0.29) is 24.1 Å². The molecule has 6 heteroatoms. The molecule has 0 aromatic heterocycles. The van der Waals surface area contributed by atoms with E-state index in [0.29, 0.717) is 22.5 Å². The zero-order valence-corrected chi connectivity index (χ0v) is 14.9. The van der Waals surface area contributed by atoms with E-state index >= 15 is 0 Å². The monoisotopic (exact) mass is 361 g/mol. The summed E-state index contributed by atoms with van der Waals surface area (Å²) in [6.45, 7) is 5.17. The van der Waals surface area contributed by atoms with E-state index in [2.05, 4.69) is 17.2 Å². The summed E-state index contributed by atoms with van der Waals surface area (Å²) < 4.78 is 0. The van der Waals surface area contributed by atoms with Gasteiger partial charge in [-0.2, -0.15) is 0 Å². The molecule has 1 aliphatic heterocycles. The molecule has 3 rings (SSSR count). The van der Waals surface area contributed by atoms with Crippen LogP contribution in [0.5, 0.6) is 0 Å². The Labute approximate surface area is 157 Å². The highest BCUT2D eigenvalue weighted by atomic mass is 16.2. The van der Waals surface area contributed by atoms with Crippen LogP contribution in [-0.2, 0) is 14.4 Å². The van der Waals surface area contributed by atoms with E-state index in [1.807, 2.05) is 30.3 Å². The molecule has 6 nitrogen and oxygen atoms in total. The fourth-order valence-corrected chi connectivity index (χ4v) is 2.84. The van der Waals surface area contributed by atoms with Gasteiger partial charge in [0.15, 0.2) is 0 Å². The predicted octanol–water partition coefficient (Wildman–Crippen LogP) is 3.02. The first-order valence-electron chi connectivity index (χ1n) is 8.42. The van der Waals surface area contributed by atoms with Crippen LogP contribution in [0.1, 0.15) is 12.5 Å². The predicted molar refractivity (Wildman–Crippen MR) is 105 cm³/mol. The molecule has 0 spiro atoms. The summed E-state index contributed by atoms with van der Waals surface area (Å²) in [5.41, 5.74) is 2.43. The Balaban J connectivity index is 2.02. The van der Waals surface area contributed by atoms with Crippen LogP contribution < -0.4 is 10.6 Å². The van der Waals surface area contributed by atoms with Crippen LogP contribution in [0.25, 0.3) is 5.57 Å². The molecule has 0 bridgehead atoms. The maximum atomic E-state index is 12.9. The summed E-state index contributed by atoms with van der Waals surface area (Å²) >= 11 is 0. The van der Waals surface area contributed by atoms with Crippen LogP contribution in [0.3, 0.4) is 0 Å². The van der Waals surface area contributed by atoms with Gasteiger partial charge in [-0.05, 0) is 29.8 Å². The van der Waals surface area contributed by atoms with Crippen LogP contribution in [0, 0.1) is 0 Å². The lowest BCUT2D eigenvalue weighted by molar-refractivity contribution is -0.136. The number of hydrogen-bond donors (Lipinski definition) is 2. The second-order valence-corrected chi connectivity index (χ2v) is 6.01. The zero-order valence-electron chi connectivity index (χ0n) is 14.9. The summed E-state index contributed by atoms with van der Waals surface area (Å²) in [5, 5.41) is 5.74. The Kier molecular flexibility index (Phi) is 5.17. The third kappa shape index (κ3) is 3.79. The molecule has 1 heterocycles. The molecule has 0 saturated heterocycles. The lowest BCUT2D eigenvalue weighted by Crippen LogP contribution is -2.32. The number of para-hydroxylation sites is 1. The number of anilines is 2. The van der Waals surface area contributed by atoms with Crippen molar-refractivity contribution in [3.63, 3.8) is 0 Å². The number of rotatable bonds is 6. The van der Waals surface area contributed by atoms with Gasteiger partial charge in [0, 0.05) is 24.8 Å². The largest absolute Gasteiger partial charge is 0.350 e. The van der Waals surface area contributed by atoms with Gasteiger partial charge < -0.3 is 10.6 Å². The van der Waals surface area contributed by atoms with E-state index in [1.54, 1.807) is 24.3 Å². The molecule has 0 atom stereocenters. The first kappa shape index (κ1) is 18.1. The highest BCUT2D eigenvalue weighted by Crippen LogP contribution is 2.31. The number of nitrogens with zero attached hydrogens (tertiary/aromatic N) is 1. The topological polar surface area (TPSA) is 78.5 Å².